The van der Waals surface area contributed by atoms with Gasteiger partial charge in [0.05, 0.1) is 0 Å². The van der Waals surface area contributed by atoms with Crippen molar-refractivity contribution in [3.05, 3.63) is 56.0 Å². The van der Waals surface area contributed by atoms with E-state index in [1.54, 1.807) is 0 Å². The molecule has 8 nitrogen and oxygen atoms in total. The minimum absolute atomic E-state index is 0. The largest absolute Gasteiger partial charge is 2.00 e. The Morgan fingerprint density at radius 3 is 0.884 bits per heavy atom. The third-order valence-corrected chi connectivity index (χ3v) is 5.59. The minimum Gasteiger partial charge on any atom is -0.564 e. The summed E-state index contributed by atoms with van der Waals surface area (Å²) in [5.41, 5.74) is -23.0. The van der Waals surface area contributed by atoms with E-state index in [2.05, 4.69) is 0 Å². The van der Waals surface area contributed by atoms with E-state index in [1.807, 2.05) is 9.97 Å². The Morgan fingerprint density at radius 2 is 0.698 bits per heavy atom. The molecule has 2 heterocycles. The Kier molecular flexibility index (Phi) is 11.9. The molecule has 2 aromatic rings. The molecular formula is C14F18MgN4O4S2. The Hall–Kier alpha value is -2.69. The van der Waals surface area contributed by atoms with Gasteiger partial charge in [-0.15, -0.1) is 0 Å². The number of nitrogens with zero attached hydrogens (tertiary/aromatic N) is 4. The van der Waals surface area contributed by atoms with Gasteiger partial charge in [0.1, 0.15) is 11.6 Å². The molecule has 0 aliphatic carbocycles. The van der Waals surface area contributed by atoms with Gasteiger partial charge in [0.25, 0.3) is 0 Å². The first-order valence-electron chi connectivity index (χ1n) is 8.68. The summed E-state index contributed by atoms with van der Waals surface area (Å²) in [6, 6.07) is 0. The van der Waals surface area contributed by atoms with Crippen LogP contribution < -0.4 is 0 Å². The summed E-state index contributed by atoms with van der Waals surface area (Å²) in [5, 5.41) is 0. The first-order chi connectivity index (χ1) is 18.4. The van der Waals surface area contributed by atoms with Crippen LogP contribution in [-0.2, 0) is 32.4 Å². The molecule has 0 saturated carbocycles. The van der Waals surface area contributed by atoms with E-state index in [9.17, 15) is 95.9 Å². The van der Waals surface area contributed by atoms with Crippen LogP contribution in [0.25, 0.3) is 9.44 Å². The quantitative estimate of drug-likeness (QED) is 0.206. The fourth-order valence-electron chi connectivity index (χ4n) is 1.88. The molecule has 0 aliphatic heterocycles. The maximum absolute atomic E-state index is 13.2. The summed E-state index contributed by atoms with van der Waals surface area (Å²) < 4.78 is 268. The molecule has 29 heteroatoms. The number of sulfonamides is 2. The van der Waals surface area contributed by atoms with Crippen LogP contribution in [0.5, 0.6) is 0 Å². The first-order valence-corrected chi connectivity index (χ1v) is 11.6. The molecule has 0 spiro atoms. The average molecular weight is 719 g/mol. The summed E-state index contributed by atoms with van der Waals surface area (Å²) in [4.78, 5) is 3.64. The van der Waals surface area contributed by atoms with Crippen molar-refractivity contribution in [3.63, 3.8) is 0 Å². The van der Waals surface area contributed by atoms with Crippen molar-refractivity contribution in [3.8, 4) is 0 Å². The van der Waals surface area contributed by atoms with Crippen molar-refractivity contribution in [2.24, 2.45) is 0 Å². The number of pyridine rings is 2. The molecule has 0 aliphatic rings. The van der Waals surface area contributed by atoms with Gasteiger partial charge in [-0.1, -0.05) is 0 Å². The molecule has 0 bridgehead atoms. The Bertz CT molecular complexity index is 1450. The average Bonchev–Trinajstić information content (AvgIpc) is 2.76. The van der Waals surface area contributed by atoms with Crippen molar-refractivity contribution in [2.45, 2.75) is 23.4 Å². The third kappa shape index (κ3) is 9.15. The zero-order chi connectivity index (χ0) is 33.6. The zero-order valence-electron chi connectivity index (χ0n) is 18.7. The molecule has 2 rings (SSSR count). The van der Waals surface area contributed by atoms with Crippen molar-refractivity contribution < 1.29 is 95.9 Å². The Morgan fingerprint density at radius 1 is 0.465 bits per heavy atom. The smallest absolute Gasteiger partial charge is 0.564 e. The van der Waals surface area contributed by atoms with E-state index < -0.39 is 101 Å². The molecule has 2 aromatic heterocycles. The Balaban J connectivity index is 0.000000802. The maximum Gasteiger partial charge on any atom is 2.00 e. The van der Waals surface area contributed by atoms with Gasteiger partial charge in [-0.25, -0.2) is 44.4 Å². The molecule has 0 atom stereocenters. The molecule has 0 N–H and O–H groups in total. The molecule has 0 unspecified atom stereocenters. The van der Waals surface area contributed by atoms with Crippen LogP contribution >= 0.6 is 0 Å². The van der Waals surface area contributed by atoms with E-state index in [1.165, 1.54) is 9.44 Å². The van der Waals surface area contributed by atoms with Crippen molar-refractivity contribution in [2.75, 3.05) is 0 Å². The topological polar surface area (TPSA) is 122 Å². The number of hydrogen-bond donors (Lipinski definition) is 0. The molecule has 0 saturated heterocycles. The van der Waals surface area contributed by atoms with E-state index in [0.29, 0.717) is 0 Å². The second-order valence-electron chi connectivity index (χ2n) is 6.48. The number of aromatic nitrogens is 2. The fraction of sp³-hybridized carbons (Fsp3) is 0.286. The monoisotopic (exact) mass is 718 g/mol. The van der Waals surface area contributed by atoms with Crippen molar-refractivity contribution in [1.29, 1.82) is 0 Å². The number of rotatable bonds is 4. The third-order valence-electron chi connectivity index (χ3n) is 3.57. The van der Waals surface area contributed by atoms with E-state index in [-0.39, 0.29) is 23.1 Å². The fourth-order valence-corrected chi connectivity index (χ4v) is 2.89. The zero-order valence-corrected chi connectivity index (χ0v) is 21.8. The molecule has 0 radical (unpaired) electrons. The van der Waals surface area contributed by atoms with E-state index >= 15 is 0 Å². The number of hydrogen-bond acceptors (Lipinski definition) is 6. The van der Waals surface area contributed by atoms with Crippen LogP contribution in [0.3, 0.4) is 0 Å². The van der Waals surface area contributed by atoms with Crippen LogP contribution in [0, 0.1) is 35.2 Å². The van der Waals surface area contributed by atoms with Crippen LogP contribution in [0.15, 0.2) is 0 Å². The summed E-state index contributed by atoms with van der Waals surface area (Å²) in [7, 11) is -13.2. The van der Waals surface area contributed by atoms with E-state index in [0.717, 1.165) is 0 Å². The van der Waals surface area contributed by atoms with Gasteiger partial charge in [-0.3, -0.25) is 0 Å². The van der Waals surface area contributed by atoms with Gasteiger partial charge in [-0.05, 0) is 11.4 Å². The maximum atomic E-state index is 13.2. The second kappa shape index (κ2) is 12.7. The number of halogens is 18. The summed E-state index contributed by atoms with van der Waals surface area (Å²) in [6.07, 6.45) is -11.4. The Labute approximate surface area is 239 Å². The molecule has 0 aromatic carbocycles. The molecule has 0 amide bonds. The van der Waals surface area contributed by atoms with Crippen molar-refractivity contribution in [1.82, 2.24) is 9.97 Å². The standard InChI is InChI=1S/2C7F9N2O2S.Mg/c2*8-1-3(18-21(19,20)7(14,15)16)2(9)5(10)17-4(1)6(11,12)13;/q2*-1;+2. The second-order valence-corrected chi connectivity index (χ2v) is 9.67. The molecular weight excluding hydrogens is 719 g/mol. The van der Waals surface area contributed by atoms with Gasteiger partial charge < -0.3 is 9.44 Å². The van der Waals surface area contributed by atoms with Gasteiger partial charge in [0.2, 0.25) is 11.9 Å². The van der Waals surface area contributed by atoms with Crippen molar-refractivity contribution >= 4 is 54.5 Å². The van der Waals surface area contributed by atoms with Crippen LogP contribution in [0.2, 0.25) is 0 Å². The predicted molar refractivity (Wildman–Crippen MR) is 100.0 cm³/mol. The predicted octanol–water partition coefficient (Wildman–Crippen LogP) is 6.36. The van der Waals surface area contributed by atoms with Crippen LogP contribution in [0.4, 0.5) is 90.4 Å². The van der Waals surface area contributed by atoms with Gasteiger partial charge in [0, 0.05) is 0 Å². The summed E-state index contributed by atoms with van der Waals surface area (Å²) >= 11 is 0. The van der Waals surface area contributed by atoms with Crippen LogP contribution in [-0.4, -0.2) is 60.9 Å². The first kappa shape index (κ1) is 40.3. The summed E-state index contributed by atoms with van der Waals surface area (Å²) in [5.74, 6) is -16.6. The normalized spacial score (nSPS) is 13.1. The summed E-state index contributed by atoms with van der Waals surface area (Å²) in [6.45, 7) is 0. The molecule has 0 fully saturated rings. The van der Waals surface area contributed by atoms with Crippen LogP contribution in [0.1, 0.15) is 11.4 Å². The minimum atomic E-state index is -6.59. The van der Waals surface area contributed by atoms with Gasteiger partial charge in [0.15, 0.2) is 43.1 Å². The SMILES string of the molecule is O=S(=O)([N-]c1c(F)c(F)nc(C(F)(F)F)c1F)C(F)(F)F.O=S(=O)([N-]c1c(F)c(F)nc(C(F)(F)F)c1F)C(F)(F)F.[Mg+2]. The van der Waals surface area contributed by atoms with Gasteiger partial charge >= 0.3 is 46.4 Å². The van der Waals surface area contributed by atoms with Gasteiger partial charge in [-0.2, -0.15) is 61.5 Å². The number of alkyl halides is 12. The molecule has 43 heavy (non-hydrogen) atoms. The van der Waals surface area contributed by atoms with E-state index in [4.69, 9.17) is 0 Å². The molecule has 240 valence electrons.